The third kappa shape index (κ3) is 8.40. The Kier molecular flexibility index (Phi) is 11.8. The minimum Gasteiger partial charge on any atom is -0.460 e. The van der Waals surface area contributed by atoms with Crippen molar-refractivity contribution in [3.63, 3.8) is 0 Å². The first-order valence-corrected chi connectivity index (χ1v) is 19.9. The molecule has 4 heterocycles. The largest absolute Gasteiger partial charge is 0.460 e. The molecule has 2 N–H and O–H groups in total. The highest BCUT2D eigenvalue weighted by atomic mass is 35.5. The monoisotopic (exact) mass is 833 g/mol. The van der Waals surface area contributed by atoms with E-state index in [9.17, 15) is 14.4 Å². The van der Waals surface area contributed by atoms with Gasteiger partial charge in [-0.1, -0.05) is 59.6 Å². The predicted molar refractivity (Wildman–Crippen MR) is 233 cm³/mol. The first kappa shape index (κ1) is 41.0. The second-order valence-corrected chi connectivity index (χ2v) is 15.9. The molecule has 59 heavy (non-hydrogen) atoms. The number of anilines is 8. The number of hydrogen-bond acceptors (Lipinski definition) is 9. The number of halogens is 2. The maximum atomic E-state index is 13.9. The van der Waals surface area contributed by atoms with Gasteiger partial charge in [0.25, 0.3) is 11.8 Å². The molecule has 2 aliphatic rings. The van der Waals surface area contributed by atoms with Crippen LogP contribution in [0.15, 0.2) is 110 Å². The summed E-state index contributed by atoms with van der Waals surface area (Å²) in [5.41, 5.74) is 10.7. The number of nitrogens with two attached hydrogens (primary N) is 1. The lowest BCUT2D eigenvalue weighted by Gasteiger charge is -2.25. The number of hydrogen-bond donors (Lipinski definition) is 1. The van der Waals surface area contributed by atoms with Crippen LogP contribution >= 0.6 is 23.2 Å². The van der Waals surface area contributed by atoms with Gasteiger partial charge in [-0.2, -0.15) is 0 Å². The van der Waals surface area contributed by atoms with Gasteiger partial charge in [0, 0.05) is 61.6 Å². The van der Waals surface area contributed by atoms with Crippen LogP contribution in [-0.2, 0) is 22.6 Å². The molecule has 15 heteroatoms. The second-order valence-electron chi connectivity index (χ2n) is 15.0. The lowest BCUT2D eigenvalue weighted by atomic mass is 10.2. The summed E-state index contributed by atoms with van der Waals surface area (Å²) in [5, 5.41) is 1.10. The van der Waals surface area contributed by atoms with E-state index in [1.807, 2.05) is 128 Å². The Balaban J connectivity index is 0.000000184. The highest BCUT2D eigenvalue weighted by molar-refractivity contribution is 6.32. The number of esters is 1. The summed E-state index contributed by atoms with van der Waals surface area (Å²) in [7, 11) is 3.78. The average molecular weight is 835 g/mol. The molecule has 0 radical (unpaired) electrons. The maximum absolute atomic E-state index is 13.9. The fourth-order valence-electron chi connectivity index (χ4n) is 7.18. The molecule has 304 valence electrons. The Morgan fingerprint density at radius 2 is 1.10 bits per heavy atom. The van der Waals surface area contributed by atoms with Crippen LogP contribution in [0.5, 0.6) is 0 Å². The first-order valence-electron chi connectivity index (χ1n) is 19.1. The van der Waals surface area contributed by atoms with Crippen molar-refractivity contribution < 1.29 is 19.1 Å². The van der Waals surface area contributed by atoms with Crippen LogP contribution in [0, 0.1) is 0 Å². The molecule has 0 saturated carbocycles. The predicted octanol–water partition coefficient (Wildman–Crippen LogP) is 9.27. The van der Waals surface area contributed by atoms with Crippen LogP contribution in [0.1, 0.15) is 54.6 Å². The first-order chi connectivity index (χ1) is 28.3. The average Bonchev–Trinajstić information content (AvgIpc) is 3.79. The van der Waals surface area contributed by atoms with Crippen LogP contribution in [0.4, 0.5) is 45.8 Å². The van der Waals surface area contributed by atoms with Crippen molar-refractivity contribution in [1.82, 2.24) is 19.1 Å². The summed E-state index contributed by atoms with van der Waals surface area (Å²) in [6.45, 7) is 6.93. The number of rotatable bonds is 8. The number of para-hydroxylation sites is 2. The molecule has 0 aliphatic carbocycles. The van der Waals surface area contributed by atoms with Crippen molar-refractivity contribution in [1.29, 1.82) is 0 Å². The number of ether oxygens (including phenoxy) is 1. The Bertz CT molecular complexity index is 2500. The Labute approximate surface area is 353 Å². The van der Waals surface area contributed by atoms with Gasteiger partial charge in [0.2, 0.25) is 0 Å². The molecule has 2 aromatic heterocycles. The molecule has 13 nitrogen and oxygen atoms in total. The summed E-state index contributed by atoms with van der Waals surface area (Å²) in [6.07, 6.45) is 4.10. The smallest absolute Gasteiger partial charge is 0.306 e. The zero-order chi connectivity index (χ0) is 42.0. The highest BCUT2D eigenvalue weighted by Crippen LogP contribution is 2.45. The Morgan fingerprint density at radius 3 is 1.53 bits per heavy atom. The van der Waals surface area contributed by atoms with Gasteiger partial charge in [0.15, 0.2) is 23.0 Å². The summed E-state index contributed by atoms with van der Waals surface area (Å²) >= 11 is 12.6. The van der Waals surface area contributed by atoms with E-state index in [1.165, 1.54) is 0 Å². The van der Waals surface area contributed by atoms with Crippen molar-refractivity contribution in [2.75, 3.05) is 40.2 Å². The lowest BCUT2D eigenvalue weighted by Crippen LogP contribution is -2.28. The number of imidazole rings is 2. The number of amides is 2. The van der Waals surface area contributed by atoms with Gasteiger partial charge in [-0.3, -0.25) is 24.2 Å². The number of carbonyl (C=O) groups is 3. The number of aromatic nitrogens is 4. The fraction of sp³-hybridized carbons (Fsp3) is 0.250. The van der Waals surface area contributed by atoms with Crippen LogP contribution in [0.3, 0.4) is 0 Å². The minimum absolute atomic E-state index is 0.162. The Morgan fingerprint density at radius 1 is 0.661 bits per heavy atom. The molecule has 4 aromatic carbocycles. The fourth-order valence-corrected chi connectivity index (χ4v) is 7.51. The molecule has 0 unspecified atom stereocenters. The zero-order valence-electron chi connectivity index (χ0n) is 33.5. The van der Waals surface area contributed by atoms with E-state index in [-0.39, 0.29) is 24.2 Å². The van der Waals surface area contributed by atoms with Crippen molar-refractivity contribution >= 4 is 86.7 Å². The standard InChI is InChI=1S/C25H27ClN4O3.C19H18ClN5O/c1-25(2,3)33-21(31)11-8-14-29-16-27-23-22(29)24(32)30(18-9-6-5-7-10-18)20-15-17(26)12-13-19(20)28(23)4;1-23-15-8-7-13(20)11-16(15)25(14-5-3-2-4-6-14)19(26)17-18(23)22-12-24(17)10-9-21/h5-7,9-10,12-13,15-16H,8,11,14H2,1-4H3;2-8,11-12H,9-10,21H2,1H3. The molecule has 0 spiro atoms. The molecule has 6 aromatic rings. The number of aryl methyl sites for hydroxylation is 1. The SMILES string of the molecule is CN1c2ccc(Cl)cc2N(c2ccccc2)C(=O)c2c1ncn2CCCC(=O)OC(C)(C)C.CN1c2ccc(Cl)cc2N(c2ccccc2)C(=O)c2c1ncn2CCN. The lowest BCUT2D eigenvalue weighted by molar-refractivity contribution is -0.154. The van der Waals surface area contributed by atoms with E-state index in [4.69, 9.17) is 33.7 Å². The zero-order valence-corrected chi connectivity index (χ0v) is 35.0. The molecular formula is C44H45Cl2N9O4. The Hall–Kier alpha value is -6.15. The third-order valence-corrected chi connectivity index (χ3v) is 10.2. The van der Waals surface area contributed by atoms with E-state index in [0.717, 1.165) is 22.7 Å². The molecule has 0 fully saturated rings. The number of carbonyl (C=O) groups excluding carboxylic acids is 3. The normalized spacial score (nSPS) is 13.4. The summed E-state index contributed by atoms with van der Waals surface area (Å²) in [6, 6.07) is 30.0. The third-order valence-electron chi connectivity index (χ3n) is 9.76. The number of nitrogens with zero attached hydrogens (tertiary/aromatic N) is 8. The second kappa shape index (κ2) is 17.0. The van der Waals surface area contributed by atoms with Crippen molar-refractivity contribution in [2.24, 2.45) is 5.73 Å². The summed E-state index contributed by atoms with van der Waals surface area (Å²) < 4.78 is 9.01. The molecule has 8 rings (SSSR count). The van der Waals surface area contributed by atoms with Crippen molar-refractivity contribution in [3.8, 4) is 0 Å². The van der Waals surface area contributed by atoms with Gasteiger partial charge < -0.3 is 29.4 Å². The van der Waals surface area contributed by atoms with Crippen molar-refractivity contribution in [2.45, 2.75) is 52.3 Å². The van der Waals surface area contributed by atoms with E-state index in [0.29, 0.717) is 70.5 Å². The van der Waals surface area contributed by atoms with Gasteiger partial charge in [-0.25, -0.2) is 9.97 Å². The van der Waals surface area contributed by atoms with Crippen LogP contribution in [0.25, 0.3) is 0 Å². The summed E-state index contributed by atoms with van der Waals surface area (Å²) in [5.74, 6) is 0.527. The molecular weight excluding hydrogens is 789 g/mol. The number of fused-ring (bicyclic) bond motifs is 4. The highest BCUT2D eigenvalue weighted by Gasteiger charge is 2.36. The minimum atomic E-state index is -0.523. The van der Waals surface area contributed by atoms with E-state index in [2.05, 4.69) is 9.97 Å². The van der Waals surface area contributed by atoms with Gasteiger partial charge >= 0.3 is 5.97 Å². The van der Waals surface area contributed by atoms with Gasteiger partial charge in [0.05, 0.1) is 35.4 Å². The maximum Gasteiger partial charge on any atom is 0.306 e. The number of benzene rings is 4. The van der Waals surface area contributed by atoms with E-state index in [1.54, 1.807) is 45.2 Å². The molecule has 2 amide bonds. The molecule has 0 atom stereocenters. The van der Waals surface area contributed by atoms with E-state index < -0.39 is 5.60 Å². The molecule has 2 aliphatic heterocycles. The van der Waals surface area contributed by atoms with Gasteiger partial charge in [0.1, 0.15) is 5.60 Å². The summed E-state index contributed by atoms with van der Waals surface area (Å²) in [4.78, 5) is 55.8. The quantitative estimate of drug-likeness (QED) is 0.149. The topological polar surface area (TPSA) is 135 Å². The van der Waals surface area contributed by atoms with E-state index >= 15 is 0 Å². The van der Waals surface area contributed by atoms with Crippen LogP contribution in [-0.4, -0.2) is 63.1 Å². The molecule has 0 saturated heterocycles. The van der Waals surface area contributed by atoms with Crippen molar-refractivity contribution in [3.05, 3.63) is 131 Å². The van der Waals surface area contributed by atoms with Gasteiger partial charge in [-0.15, -0.1) is 0 Å². The molecule has 0 bridgehead atoms. The van der Waals surface area contributed by atoms with Gasteiger partial charge in [-0.05, 0) is 87.9 Å². The van der Waals surface area contributed by atoms with Crippen LogP contribution in [0.2, 0.25) is 10.0 Å². The van der Waals surface area contributed by atoms with Crippen LogP contribution < -0.4 is 25.3 Å².